The van der Waals surface area contributed by atoms with Gasteiger partial charge in [0.25, 0.3) is 0 Å². The van der Waals surface area contributed by atoms with E-state index in [1.54, 1.807) is 0 Å². The molecule has 2 N–H and O–H groups in total. The monoisotopic (exact) mass is 224 g/mol. The van der Waals surface area contributed by atoms with E-state index in [0.717, 1.165) is 5.92 Å². The Balaban J connectivity index is 1.91. The zero-order chi connectivity index (χ0) is 11.4. The first-order valence-electron chi connectivity index (χ1n) is 7.31. The van der Waals surface area contributed by atoms with Crippen LogP contribution in [0, 0.1) is 5.92 Å². The van der Waals surface area contributed by atoms with E-state index in [4.69, 9.17) is 5.73 Å². The molecular formula is C14H28N2. The summed E-state index contributed by atoms with van der Waals surface area (Å²) in [5.41, 5.74) is 6.36. The Morgan fingerprint density at radius 2 is 1.81 bits per heavy atom. The van der Waals surface area contributed by atoms with E-state index in [1.165, 1.54) is 64.5 Å². The van der Waals surface area contributed by atoms with Gasteiger partial charge in [-0.3, -0.25) is 4.90 Å². The van der Waals surface area contributed by atoms with Crippen molar-refractivity contribution in [2.45, 2.75) is 70.4 Å². The Labute approximate surface area is 101 Å². The van der Waals surface area contributed by atoms with Crippen molar-refractivity contribution in [1.29, 1.82) is 0 Å². The van der Waals surface area contributed by atoms with Gasteiger partial charge in [0.2, 0.25) is 0 Å². The van der Waals surface area contributed by atoms with E-state index in [9.17, 15) is 0 Å². The molecule has 94 valence electrons. The van der Waals surface area contributed by atoms with E-state index in [2.05, 4.69) is 11.8 Å². The molecule has 0 heterocycles. The van der Waals surface area contributed by atoms with Gasteiger partial charge >= 0.3 is 0 Å². The summed E-state index contributed by atoms with van der Waals surface area (Å²) in [5, 5.41) is 0. The molecule has 0 aromatic rings. The second-order valence-electron chi connectivity index (χ2n) is 5.81. The van der Waals surface area contributed by atoms with Gasteiger partial charge in [-0.05, 0) is 44.6 Å². The zero-order valence-electron chi connectivity index (χ0n) is 10.8. The lowest BCUT2D eigenvalue weighted by atomic mass is 10.0. The molecule has 0 amide bonds. The van der Waals surface area contributed by atoms with Gasteiger partial charge in [0, 0.05) is 18.6 Å². The smallest absolute Gasteiger partial charge is 0.0247 e. The third kappa shape index (κ3) is 3.46. The van der Waals surface area contributed by atoms with Gasteiger partial charge < -0.3 is 5.73 Å². The highest BCUT2D eigenvalue weighted by Gasteiger charge is 2.30. The maximum absolute atomic E-state index is 6.36. The van der Waals surface area contributed by atoms with Crippen LogP contribution in [-0.2, 0) is 0 Å². The summed E-state index contributed by atoms with van der Waals surface area (Å²) in [5.74, 6) is 1.00. The average molecular weight is 224 g/mol. The van der Waals surface area contributed by atoms with Crippen LogP contribution in [0.2, 0.25) is 0 Å². The molecule has 0 aliphatic heterocycles. The number of hydrogen-bond donors (Lipinski definition) is 1. The van der Waals surface area contributed by atoms with Crippen molar-refractivity contribution < 1.29 is 0 Å². The molecular weight excluding hydrogens is 196 g/mol. The van der Waals surface area contributed by atoms with Gasteiger partial charge in [-0.25, -0.2) is 0 Å². The molecule has 2 rings (SSSR count). The third-order valence-corrected chi connectivity index (χ3v) is 4.20. The van der Waals surface area contributed by atoms with Crippen molar-refractivity contribution in [3.05, 3.63) is 0 Å². The minimum atomic E-state index is 0.438. The first-order valence-corrected chi connectivity index (χ1v) is 7.31. The van der Waals surface area contributed by atoms with Crippen LogP contribution in [-0.4, -0.2) is 30.1 Å². The molecule has 0 spiro atoms. The number of hydrogen-bond acceptors (Lipinski definition) is 2. The van der Waals surface area contributed by atoms with Crippen molar-refractivity contribution in [3.8, 4) is 0 Å². The van der Waals surface area contributed by atoms with Crippen molar-refractivity contribution in [2.24, 2.45) is 11.7 Å². The molecule has 2 unspecified atom stereocenters. The predicted molar refractivity (Wildman–Crippen MR) is 69.4 cm³/mol. The number of nitrogens with zero attached hydrogens (tertiary/aromatic N) is 1. The standard InChI is InChI=1S/C14H28N2/c1-2-10-16(11-12-8-9-12)14-7-5-3-4-6-13(14)15/h12-14H,2-11,15H2,1H3. The van der Waals surface area contributed by atoms with Crippen LogP contribution in [0.1, 0.15) is 58.3 Å². The second kappa shape index (κ2) is 6.02. The summed E-state index contributed by atoms with van der Waals surface area (Å²) in [6.45, 7) is 4.88. The molecule has 2 saturated carbocycles. The van der Waals surface area contributed by atoms with Crippen molar-refractivity contribution in [2.75, 3.05) is 13.1 Å². The Hall–Kier alpha value is -0.0800. The highest BCUT2D eigenvalue weighted by Crippen LogP contribution is 2.32. The summed E-state index contributed by atoms with van der Waals surface area (Å²) >= 11 is 0. The topological polar surface area (TPSA) is 29.3 Å². The fraction of sp³-hybridized carbons (Fsp3) is 1.00. The minimum Gasteiger partial charge on any atom is -0.326 e. The summed E-state index contributed by atoms with van der Waals surface area (Å²) in [4.78, 5) is 2.72. The number of rotatable bonds is 5. The molecule has 0 radical (unpaired) electrons. The Bertz CT molecular complexity index is 201. The van der Waals surface area contributed by atoms with E-state index in [0.29, 0.717) is 12.1 Å². The molecule has 2 aliphatic rings. The molecule has 0 aromatic heterocycles. The average Bonchev–Trinajstić information content (AvgIpc) is 3.06. The van der Waals surface area contributed by atoms with Crippen LogP contribution in [0.25, 0.3) is 0 Å². The van der Waals surface area contributed by atoms with Crippen LogP contribution >= 0.6 is 0 Å². The fourth-order valence-electron chi connectivity index (χ4n) is 3.08. The van der Waals surface area contributed by atoms with Gasteiger partial charge in [0.15, 0.2) is 0 Å². The van der Waals surface area contributed by atoms with E-state index < -0.39 is 0 Å². The summed E-state index contributed by atoms with van der Waals surface area (Å²) in [6, 6.07) is 1.12. The van der Waals surface area contributed by atoms with Crippen LogP contribution in [0.4, 0.5) is 0 Å². The van der Waals surface area contributed by atoms with Crippen LogP contribution in [0.15, 0.2) is 0 Å². The van der Waals surface area contributed by atoms with Crippen LogP contribution < -0.4 is 5.73 Å². The van der Waals surface area contributed by atoms with Crippen molar-refractivity contribution >= 4 is 0 Å². The van der Waals surface area contributed by atoms with Crippen molar-refractivity contribution in [1.82, 2.24) is 4.90 Å². The molecule has 2 atom stereocenters. The first-order chi connectivity index (χ1) is 7.81. The molecule has 16 heavy (non-hydrogen) atoms. The minimum absolute atomic E-state index is 0.438. The summed E-state index contributed by atoms with van der Waals surface area (Å²) in [7, 11) is 0. The first kappa shape index (κ1) is 12.4. The predicted octanol–water partition coefficient (Wildman–Crippen LogP) is 2.77. The molecule has 0 saturated heterocycles. The van der Waals surface area contributed by atoms with Gasteiger partial charge in [-0.1, -0.05) is 26.2 Å². The zero-order valence-corrected chi connectivity index (χ0v) is 10.8. The van der Waals surface area contributed by atoms with Crippen molar-refractivity contribution in [3.63, 3.8) is 0 Å². The summed E-state index contributed by atoms with van der Waals surface area (Å²) in [6.07, 6.45) is 10.9. The normalized spacial score (nSPS) is 31.7. The highest BCUT2D eigenvalue weighted by atomic mass is 15.2. The molecule has 2 fully saturated rings. The quantitative estimate of drug-likeness (QED) is 0.728. The SMILES string of the molecule is CCCN(CC1CC1)C1CCCCCC1N. The lowest BCUT2D eigenvalue weighted by Gasteiger charge is -2.34. The molecule has 2 nitrogen and oxygen atoms in total. The van der Waals surface area contributed by atoms with Crippen LogP contribution in [0.5, 0.6) is 0 Å². The van der Waals surface area contributed by atoms with Gasteiger partial charge in [-0.15, -0.1) is 0 Å². The molecule has 2 heteroatoms. The van der Waals surface area contributed by atoms with Gasteiger partial charge in [0.1, 0.15) is 0 Å². The maximum atomic E-state index is 6.36. The second-order valence-corrected chi connectivity index (χ2v) is 5.81. The largest absolute Gasteiger partial charge is 0.326 e. The Morgan fingerprint density at radius 3 is 2.50 bits per heavy atom. The van der Waals surface area contributed by atoms with Gasteiger partial charge in [-0.2, -0.15) is 0 Å². The third-order valence-electron chi connectivity index (χ3n) is 4.20. The van der Waals surface area contributed by atoms with E-state index in [1.807, 2.05) is 0 Å². The molecule has 0 bridgehead atoms. The summed E-state index contributed by atoms with van der Waals surface area (Å²) < 4.78 is 0. The fourth-order valence-corrected chi connectivity index (χ4v) is 3.08. The Morgan fingerprint density at radius 1 is 1.06 bits per heavy atom. The van der Waals surface area contributed by atoms with E-state index >= 15 is 0 Å². The lowest BCUT2D eigenvalue weighted by Crippen LogP contribution is -2.48. The van der Waals surface area contributed by atoms with E-state index in [-0.39, 0.29) is 0 Å². The number of nitrogens with two attached hydrogens (primary N) is 1. The molecule has 0 aromatic carbocycles. The highest BCUT2D eigenvalue weighted by molar-refractivity contribution is 4.87. The van der Waals surface area contributed by atoms with Gasteiger partial charge in [0.05, 0.1) is 0 Å². The lowest BCUT2D eigenvalue weighted by molar-refractivity contribution is 0.156. The maximum Gasteiger partial charge on any atom is 0.0247 e. The molecule has 2 aliphatic carbocycles. The Kier molecular flexibility index (Phi) is 4.66. The van der Waals surface area contributed by atoms with Crippen LogP contribution in [0.3, 0.4) is 0 Å².